The van der Waals surface area contributed by atoms with E-state index in [1.54, 1.807) is 10.6 Å². The lowest BCUT2D eigenvalue weighted by atomic mass is 10.2. The van der Waals surface area contributed by atoms with Gasteiger partial charge in [-0.3, -0.25) is 14.2 Å². The largest absolute Gasteiger partial charge is 0.494 e. The predicted octanol–water partition coefficient (Wildman–Crippen LogP) is 3.49. The number of carbonyl (C=O) groups excluding carboxylic acids is 1. The maximum atomic E-state index is 12.8. The molecule has 8 heteroatoms. The number of rotatable bonds is 11. The summed E-state index contributed by atoms with van der Waals surface area (Å²) in [5.41, 5.74) is 0.575. The minimum absolute atomic E-state index is 0.0703. The van der Waals surface area contributed by atoms with Crippen molar-refractivity contribution in [2.75, 3.05) is 25.5 Å². The van der Waals surface area contributed by atoms with Crippen LogP contribution >= 0.6 is 11.8 Å². The number of thioether (sulfide) groups is 1. The molecule has 0 atom stereocenters. The van der Waals surface area contributed by atoms with Crippen LogP contribution in [0.25, 0.3) is 10.9 Å². The molecular formula is C23H27N3O4S. The molecule has 3 aromatic rings. The first-order valence-electron chi connectivity index (χ1n) is 10.4. The number of benzene rings is 2. The van der Waals surface area contributed by atoms with Gasteiger partial charge in [-0.1, -0.05) is 30.8 Å². The van der Waals surface area contributed by atoms with Crippen molar-refractivity contribution < 1.29 is 14.3 Å². The number of nitrogens with zero attached hydrogens (tertiary/aromatic N) is 2. The van der Waals surface area contributed by atoms with Crippen LogP contribution in [0.3, 0.4) is 0 Å². The van der Waals surface area contributed by atoms with Gasteiger partial charge in [0.25, 0.3) is 5.56 Å². The molecule has 0 saturated heterocycles. The minimum Gasteiger partial charge on any atom is -0.494 e. The first-order chi connectivity index (χ1) is 15.1. The molecule has 0 aliphatic rings. The maximum absolute atomic E-state index is 12.8. The highest BCUT2D eigenvalue weighted by Crippen LogP contribution is 2.18. The molecule has 3 rings (SSSR count). The number of fused-ring (bicyclic) bond motifs is 1. The van der Waals surface area contributed by atoms with E-state index in [0.717, 1.165) is 17.9 Å². The number of carbonyl (C=O) groups is 1. The predicted molar refractivity (Wildman–Crippen MR) is 123 cm³/mol. The van der Waals surface area contributed by atoms with E-state index in [1.807, 2.05) is 56.3 Å². The van der Waals surface area contributed by atoms with E-state index in [2.05, 4.69) is 10.3 Å². The number of aromatic nitrogens is 2. The van der Waals surface area contributed by atoms with Crippen molar-refractivity contribution >= 4 is 28.6 Å². The van der Waals surface area contributed by atoms with Crippen molar-refractivity contribution in [1.82, 2.24) is 14.9 Å². The summed E-state index contributed by atoms with van der Waals surface area (Å²) in [6.45, 7) is 5.88. The molecule has 0 saturated carbocycles. The highest BCUT2D eigenvalue weighted by molar-refractivity contribution is 7.99. The Labute approximate surface area is 185 Å². The molecule has 1 N–H and O–H groups in total. The summed E-state index contributed by atoms with van der Waals surface area (Å²) in [7, 11) is 0. The summed E-state index contributed by atoms with van der Waals surface area (Å²) in [6, 6.07) is 14.6. The molecule has 0 aliphatic carbocycles. The molecule has 1 aromatic heterocycles. The van der Waals surface area contributed by atoms with Crippen LogP contribution in [0.1, 0.15) is 20.3 Å². The molecule has 0 bridgehead atoms. The van der Waals surface area contributed by atoms with E-state index in [1.165, 1.54) is 11.8 Å². The third-order valence-corrected chi connectivity index (χ3v) is 5.41. The number of amides is 1. The maximum Gasteiger partial charge on any atom is 0.262 e. The second-order valence-electron chi connectivity index (χ2n) is 6.76. The van der Waals surface area contributed by atoms with Gasteiger partial charge in [-0.05, 0) is 49.7 Å². The Morgan fingerprint density at radius 1 is 1.06 bits per heavy atom. The second kappa shape index (κ2) is 11.4. The molecule has 1 heterocycles. The molecule has 0 unspecified atom stereocenters. The topological polar surface area (TPSA) is 82.5 Å². The summed E-state index contributed by atoms with van der Waals surface area (Å²) in [5.74, 6) is 1.56. The van der Waals surface area contributed by atoms with Crippen LogP contribution < -0.4 is 20.3 Å². The molecular weight excluding hydrogens is 414 g/mol. The Morgan fingerprint density at radius 3 is 2.48 bits per heavy atom. The number of hydrogen-bond donors (Lipinski definition) is 1. The number of nitrogens with one attached hydrogen (secondary N) is 1. The van der Waals surface area contributed by atoms with E-state index in [-0.39, 0.29) is 17.2 Å². The molecule has 7 nitrogen and oxygen atoms in total. The fourth-order valence-electron chi connectivity index (χ4n) is 3.02. The van der Waals surface area contributed by atoms with Gasteiger partial charge in [0.2, 0.25) is 5.91 Å². The zero-order valence-corrected chi connectivity index (χ0v) is 18.6. The Morgan fingerprint density at radius 2 is 1.77 bits per heavy atom. The van der Waals surface area contributed by atoms with Gasteiger partial charge in [-0.25, -0.2) is 4.98 Å². The van der Waals surface area contributed by atoms with Gasteiger partial charge in [0.15, 0.2) is 5.16 Å². The van der Waals surface area contributed by atoms with Crippen LogP contribution in [0, 0.1) is 0 Å². The van der Waals surface area contributed by atoms with Crippen molar-refractivity contribution in [3.8, 4) is 11.5 Å². The lowest BCUT2D eigenvalue weighted by Gasteiger charge is -2.12. The lowest BCUT2D eigenvalue weighted by Crippen LogP contribution is -2.30. The molecule has 1 amide bonds. The lowest BCUT2D eigenvalue weighted by molar-refractivity contribution is -0.118. The standard InChI is InChI=1S/C23H27N3O4S/c1-3-14-26-22(28)19-7-5-6-8-20(19)25-23(26)31-16-21(27)24-13-15-30-18-11-9-17(10-12-18)29-4-2/h5-12H,3-4,13-16H2,1-2H3,(H,24,27). The SMILES string of the molecule is CCCn1c(SCC(=O)NCCOc2ccc(OCC)cc2)nc2ccccc2c1=O. The Hall–Kier alpha value is -3.00. The van der Waals surface area contributed by atoms with Crippen LogP contribution in [-0.4, -0.2) is 41.0 Å². The van der Waals surface area contributed by atoms with Crippen LogP contribution in [0.15, 0.2) is 58.5 Å². The first kappa shape index (κ1) is 22.7. The molecule has 0 radical (unpaired) electrons. The fraction of sp³-hybridized carbons (Fsp3) is 0.348. The van der Waals surface area contributed by atoms with Gasteiger partial charge in [-0.2, -0.15) is 0 Å². The summed E-state index contributed by atoms with van der Waals surface area (Å²) >= 11 is 1.27. The van der Waals surface area contributed by atoms with Gasteiger partial charge in [0.1, 0.15) is 18.1 Å². The zero-order chi connectivity index (χ0) is 22.1. The van der Waals surface area contributed by atoms with Crippen molar-refractivity contribution in [1.29, 1.82) is 0 Å². The highest BCUT2D eigenvalue weighted by Gasteiger charge is 2.12. The van der Waals surface area contributed by atoms with E-state index in [0.29, 0.717) is 42.4 Å². The van der Waals surface area contributed by atoms with E-state index < -0.39 is 0 Å². The van der Waals surface area contributed by atoms with E-state index in [9.17, 15) is 9.59 Å². The quantitative estimate of drug-likeness (QED) is 0.279. The van der Waals surface area contributed by atoms with Gasteiger partial charge in [-0.15, -0.1) is 0 Å². The Bertz CT molecular complexity index is 1070. The van der Waals surface area contributed by atoms with Crippen molar-refractivity contribution in [3.63, 3.8) is 0 Å². The normalized spacial score (nSPS) is 10.8. The summed E-state index contributed by atoms with van der Waals surface area (Å²) in [4.78, 5) is 29.6. The molecule has 2 aromatic carbocycles. The molecule has 0 fully saturated rings. The monoisotopic (exact) mass is 441 g/mol. The average Bonchev–Trinajstić information content (AvgIpc) is 2.79. The van der Waals surface area contributed by atoms with Crippen LogP contribution in [0.2, 0.25) is 0 Å². The fourth-order valence-corrected chi connectivity index (χ4v) is 3.87. The van der Waals surface area contributed by atoms with E-state index in [4.69, 9.17) is 9.47 Å². The van der Waals surface area contributed by atoms with Crippen LogP contribution in [0.5, 0.6) is 11.5 Å². The number of ether oxygens (including phenoxy) is 2. The minimum atomic E-state index is -0.134. The second-order valence-corrected chi connectivity index (χ2v) is 7.70. The summed E-state index contributed by atoms with van der Waals surface area (Å²) < 4.78 is 12.7. The average molecular weight is 442 g/mol. The highest BCUT2D eigenvalue weighted by atomic mass is 32.2. The third-order valence-electron chi connectivity index (χ3n) is 4.43. The molecule has 0 aliphatic heterocycles. The number of para-hydroxylation sites is 1. The van der Waals surface area contributed by atoms with Crippen LogP contribution in [-0.2, 0) is 11.3 Å². The van der Waals surface area contributed by atoms with Gasteiger partial charge in [0, 0.05) is 6.54 Å². The Kier molecular flexibility index (Phi) is 8.35. The van der Waals surface area contributed by atoms with Gasteiger partial charge < -0.3 is 14.8 Å². The Balaban J connectivity index is 1.50. The summed E-state index contributed by atoms with van der Waals surface area (Å²) in [5, 5.41) is 3.99. The molecule has 0 spiro atoms. The third kappa shape index (κ3) is 6.24. The summed E-state index contributed by atoms with van der Waals surface area (Å²) in [6.07, 6.45) is 0.808. The zero-order valence-electron chi connectivity index (χ0n) is 17.8. The van der Waals surface area contributed by atoms with Gasteiger partial charge in [0.05, 0.1) is 29.8 Å². The van der Waals surface area contributed by atoms with E-state index >= 15 is 0 Å². The molecule has 164 valence electrons. The number of hydrogen-bond acceptors (Lipinski definition) is 6. The van der Waals surface area contributed by atoms with Crippen molar-refractivity contribution in [3.05, 3.63) is 58.9 Å². The smallest absolute Gasteiger partial charge is 0.262 e. The van der Waals surface area contributed by atoms with Crippen LogP contribution in [0.4, 0.5) is 0 Å². The van der Waals surface area contributed by atoms with Crippen molar-refractivity contribution in [2.24, 2.45) is 0 Å². The first-order valence-corrected chi connectivity index (χ1v) is 11.4. The molecule has 31 heavy (non-hydrogen) atoms. The van der Waals surface area contributed by atoms with Crippen molar-refractivity contribution in [2.45, 2.75) is 32.0 Å². The van der Waals surface area contributed by atoms with Gasteiger partial charge >= 0.3 is 0 Å².